The number of nitrogens with zero attached hydrogens (tertiary/aromatic N) is 1. The largest absolute Gasteiger partial charge is 0.390 e. The second-order valence-corrected chi connectivity index (χ2v) is 3.64. The van der Waals surface area contributed by atoms with E-state index in [4.69, 9.17) is 10.8 Å². The molecule has 0 unspecified atom stereocenters. The van der Waals surface area contributed by atoms with Crippen molar-refractivity contribution in [1.82, 2.24) is 4.98 Å². The van der Waals surface area contributed by atoms with Crippen molar-refractivity contribution in [2.45, 2.75) is 26.0 Å². The second kappa shape index (κ2) is 4.23. The molecule has 0 fully saturated rings. The summed E-state index contributed by atoms with van der Waals surface area (Å²) in [6.07, 6.45) is 0. The average molecular weight is 190 g/mol. The van der Waals surface area contributed by atoms with Crippen LogP contribution in [0.5, 0.6) is 0 Å². The quantitative estimate of drug-likeness (QED) is 0.640. The predicted octanol–water partition coefficient (Wildman–Crippen LogP) is 0.663. The van der Waals surface area contributed by atoms with E-state index in [1.807, 2.05) is 19.9 Å². The molecule has 0 aromatic carbocycles. The highest BCUT2D eigenvalue weighted by molar-refractivity contribution is 5.31. The summed E-state index contributed by atoms with van der Waals surface area (Å²) in [7, 11) is 0. The van der Waals surface area contributed by atoms with E-state index >= 15 is 0 Å². The zero-order valence-corrected chi connectivity index (χ0v) is 8.41. The van der Waals surface area contributed by atoms with Crippen LogP contribution in [0.1, 0.15) is 25.2 Å². The SMILES string of the molecule is CC(C)(N)C#Cc1cccc(CO)n1. The Kier molecular flexibility index (Phi) is 3.23. The number of rotatable bonds is 1. The normalized spacial score (nSPS) is 10.6. The van der Waals surface area contributed by atoms with Crippen LogP contribution in [-0.2, 0) is 6.61 Å². The van der Waals surface area contributed by atoms with E-state index in [1.165, 1.54) is 0 Å². The summed E-state index contributed by atoms with van der Waals surface area (Å²) in [5.41, 5.74) is 6.44. The highest BCUT2D eigenvalue weighted by Gasteiger charge is 2.03. The highest BCUT2D eigenvalue weighted by atomic mass is 16.3. The van der Waals surface area contributed by atoms with E-state index in [0.717, 1.165) is 0 Å². The lowest BCUT2D eigenvalue weighted by molar-refractivity contribution is 0.277. The Labute approximate surface area is 84.0 Å². The molecule has 1 heterocycles. The van der Waals surface area contributed by atoms with Gasteiger partial charge in [0, 0.05) is 0 Å². The Morgan fingerprint density at radius 2 is 2.21 bits per heavy atom. The molecule has 1 rings (SSSR count). The van der Waals surface area contributed by atoms with E-state index in [2.05, 4.69) is 16.8 Å². The van der Waals surface area contributed by atoms with E-state index in [9.17, 15) is 0 Å². The zero-order chi connectivity index (χ0) is 10.6. The first kappa shape index (κ1) is 10.7. The van der Waals surface area contributed by atoms with E-state index in [-0.39, 0.29) is 6.61 Å². The Morgan fingerprint density at radius 3 is 2.79 bits per heavy atom. The fraction of sp³-hybridized carbons (Fsp3) is 0.364. The first-order valence-corrected chi connectivity index (χ1v) is 4.40. The van der Waals surface area contributed by atoms with Gasteiger partial charge in [0.2, 0.25) is 0 Å². The van der Waals surface area contributed by atoms with Gasteiger partial charge in [0.1, 0.15) is 5.69 Å². The summed E-state index contributed by atoms with van der Waals surface area (Å²) in [5, 5.41) is 8.85. The van der Waals surface area contributed by atoms with Gasteiger partial charge in [-0.15, -0.1) is 0 Å². The number of pyridine rings is 1. The number of aliphatic hydroxyl groups is 1. The highest BCUT2D eigenvalue weighted by Crippen LogP contribution is 1.99. The van der Waals surface area contributed by atoms with E-state index < -0.39 is 5.54 Å². The summed E-state index contributed by atoms with van der Waals surface area (Å²) in [6, 6.07) is 5.35. The minimum atomic E-state index is -0.517. The summed E-state index contributed by atoms with van der Waals surface area (Å²) >= 11 is 0. The monoisotopic (exact) mass is 190 g/mol. The third-order valence-electron chi connectivity index (χ3n) is 1.48. The Morgan fingerprint density at radius 1 is 1.50 bits per heavy atom. The third kappa shape index (κ3) is 3.56. The van der Waals surface area contributed by atoms with Crippen LogP contribution in [-0.4, -0.2) is 15.6 Å². The summed E-state index contributed by atoms with van der Waals surface area (Å²) in [4.78, 5) is 4.12. The topological polar surface area (TPSA) is 59.1 Å². The van der Waals surface area contributed by atoms with Crippen molar-refractivity contribution in [3.05, 3.63) is 29.6 Å². The van der Waals surface area contributed by atoms with Crippen LogP contribution < -0.4 is 5.73 Å². The predicted molar refractivity (Wildman–Crippen MR) is 55.3 cm³/mol. The lowest BCUT2D eigenvalue weighted by Crippen LogP contribution is -2.29. The van der Waals surface area contributed by atoms with Crippen LogP contribution in [0.15, 0.2) is 18.2 Å². The number of hydrogen-bond acceptors (Lipinski definition) is 3. The van der Waals surface area contributed by atoms with Gasteiger partial charge in [-0.25, -0.2) is 4.98 Å². The molecule has 0 aliphatic heterocycles. The summed E-state index contributed by atoms with van der Waals surface area (Å²) in [5.74, 6) is 5.74. The van der Waals surface area contributed by atoms with Gasteiger partial charge in [-0.1, -0.05) is 12.0 Å². The van der Waals surface area contributed by atoms with Crippen molar-refractivity contribution in [3.63, 3.8) is 0 Å². The van der Waals surface area contributed by atoms with Crippen molar-refractivity contribution in [2.24, 2.45) is 5.73 Å². The number of aliphatic hydroxyl groups excluding tert-OH is 1. The molecule has 0 spiro atoms. The maximum atomic E-state index is 8.85. The molecule has 0 saturated carbocycles. The van der Waals surface area contributed by atoms with Crippen LogP contribution in [0.3, 0.4) is 0 Å². The van der Waals surface area contributed by atoms with Gasteiger partial charge in [-0.3, -0.25) is 0 Å². The second-order valence-electron chi connectivity index (χ2n) is 3.64. The molecule has 0 radical (unpaired) electrons. The fourth-order valence-electron chi connectivity index (χ4n) is 0.862. The third-order valence-corrected chi connectivity index (χ3v) is 1.48. The molecule has 1 aromatic rings. The molecule has 0 bridgehead atoms. The van der Waals surface area contributed by atoms with Gasteiger partial charge >= 0.3 is 0 Å². The van der Waals surface area contributed by atoms with Crippen LogP contribution in [0.2, 0.25) is 0 Å². The molecule has 74 valence electrons. The van der Waals surface area contributed by atoms with Gasteiger partial charge < -0.3 is 10.8 Å². The maximum absolute atomic E-state index is 8.85. The Balaban J connectivity index is 2.90. The molecule has 0 amide bonds. The van der Waals surface area contributed by atoms with Crippen LogP contribution in [0.25, 0.3) is 0 Å². The van der Waals surface area contributed by atoms with E-state index in [0.29, 0.717) is 11.4 Å². The van der Waals surface area contributed by atoms with Gasteiger partial charge in [0.25, 0.3) is 0 Å². The number of nitrogens with two attached hydrogens (primary N) is 1. The lowest BCUT2D eigenvalue weighted by atomic mass is 10.1. The Hall–Kier alpha value is -1.37. The first-order valence-electron chi connectivity index (χ1n) is 4.40. The van der Waals surface area contributed by atoms with Gasteiger partial charge in [0.15, 0.2) is 0 Å². The fourth-order valence-corrected chi connectivity index (χ4v) is 0.862. The standard InChI is InChI=1S/C11H14N2O/c1-11(2,12)7-6-9-4-3-5-10(8-14)13-9/h3-5,14H,8,12H2,1-2H3. The molecule has 0 aliphatic carbocycles. The van der Waals surface area contributed by atoms with Crippen molar-refractivity contribution >= 4 is 0 Å². The maximum Gasteiger partial charge on any atom is 0.113 e. The van der Waals surface area contributed by atoms with Crippen molar-refractivity contribution in [1.29, 1.82) is 0 Å². The molecule has 0 atom stereocenters. The molecule has 14 heavy (non-hydrogen) atoms. The minimum Gasteiger partial charge on any atom is -0.390 e. The molecule has 0 aliphatic rings. The van der Waals surface area contributed by atoms with Crippen molar-refractivity contribution < 1.29 is 5.11 Å². The smallest absolute Gasteiger partial charge is 0.113 e. The summed E-state index contributed by atoms with van der Waals surface area (Å²) in [6.45, 7) is 3.59. The molecular weight excluding hydrogens is 176 g/mol. The minimum absolute atomic E-state index is 0.0679. The molecular formula is C11H14N2O. The zero-order valence-electron chi connectivity index (χ0n) is 8.41. The van der Waals surface area contributed by atoms with Gasteiger partial charge in [-0.05, 0) is 31.9 Å². The Bertz CT molecular complexity index is 369. The number of hydrogen-bond donors (Lipinski definition) is 2. The van der Waals surface area contributed by atoms with Gasteiger partial charge in [0.05, 0.1) is 17.8 Å². The molecule has 0 saturated heterocycles. The van der Waals surface area contributed by atoms with Crippen molar-refractivity contribution in [2.75, 3.05) is 0 Å². The molecule has 3 heteroatoms. The summed E-state index contributed by atoms with van der Waals surface area (Å²) < 4.78 is 0. The van der Waals surface area contributed by atoms with Gasteiger partial charge in [-0.2, -0.15) is 0 Å². The molecule has 3 N–H and O–H groups in total. The van der Waals surface area contributed by atoms with Crippen LogP contribution >= 0.6 is 0 Å². The van der Waals surface area contributed by atoms with Crippen LogP contribution in [0.4, 0.5) is 0 Å². The number of aromatic nitrogens is 1. The lowest BCUT2D eigenvalue weighted by Gasteiger charge is -2.07. The molecule has 1 aromatic heterocycles. The molecule has 3 nitrogen and oxygen atoms in total. The van der Waals surface area contributed by atoms with E-state index in [1.54, 1.807) is 12.1 Å². The first-order chi connectivity index (χ1) is 6.51. The average Bonchev–Trinajstić information content (AvgIpc) is 2.14. The van der Waals surface area contributed by atoms with Crippen molar-refractivity contribution in [3.8, 4) is 11.8 Å². The van der Waals surface area contributed by atoms with Crippen LogP contribution in [0, 0.1) is 11.8 Å².